The van der Waals surface area contributed by atoms with Crippen LogP contribution >= 0.6 is 0 Å². The van der Waals surface area contributed by atoms with Crippen molar-refractivity contribution in [1.29, 1.82) is 5.26 Å². The molecule has 0 amide bonds. The molecule has 0 saturated carbocycles. The number of rotatable bonds is 9. The zero-order valence-corrected chi connectivity index (χ0v) is 27.0. The number of ether oxygens (including phenoxy) is 1. The highest BCUT2D eigenvalue weighted by Crippen LogP contribution is 2.28. The van der Waals surface area contributed by atoms with E-state index >= 15 is 0 Å². The van der Waals surface area contributed by atoms with Crippen molar-refractivity contribution in [2.45, 2.75) is 68.7 Å². The lowest BCUT2D eigenvalue weighted by atomic mass is 10.2. The first-order chi connectivity index (χ1) is 20.3. The van der Waals surface area contributed by atoms with Gasteiger partial charge in [-0.05, 0) is 79.2 Å². The smallest absolute Gasteiger partial charge is 0.308 e. The number of esters is 1. The van der Waals surface area contributed by atoms with Crippen LogP contribution in [0.3, 0.4) is 0 Å². The summed E-state index contributed by atoms with van der Waals surface area (Å²) < 4.78 is 5.24. The molecular formula is C34H48N6O2. The number of anilines is 1. The minimum absolute atomic E-state index is 0.122. The molecule has 0 N–H and O–H groups in total. The van der Waals surface area contributed by atoms with Gasteiger partial charge in [0.1, 0.15) is 6.61 Å². The summed E-state index contributed by atoms with van der Waals surface area (Å²) in [6, 6.07) is 22.3. The number of carbonyl (C=O) groups is 1. The van der Waals surface area contributed by atoms with Gasteiger partial charge >= 0.3 is 5.97 Å². The number of nitriles is 1. The van der Waals surface area contributed by atoms with E-state index < -0.39 is 0 Å². The van der Waals surface area contributed by atoms with Gasteiger partial charge < -0.3 is 9.64 Å². The van der Waals surface area contributed by atoms with Gasteiger partial charge in [-0.2, -0.15) is 25.7 Å². The number of aryl methyl sites for hydroxylation is 1. The van der Waals surface area contributed by atoms with Crippen LogP contribution in [0.5, 0.6) is 0 Å². The molecule has 0 spiro atoms. The quantitative estimate of drug-likeness (QED) is 0.188. The summed E-state index contributed by atoms with van der Waals surface area (Å²) >= 11 is 0. The minimum Gasteiger partial charge on any atom is -0.464 e. The third-order valence-electron chi connectivity index (χ3n) is 5.16. The molecule has 8 heteroatoms. The van der Waals surface area contributed by atoms with E-state index in [4.69, 9.17) is 10.00 Å². The van der Waals surface area contributed by atoms with E-state index in [1.807, 2.05) is 103 Å². The molecule has 0 aliphatic heterocycles. The second-order valence-electron chi connectivity index (χ2n) is 9.00. The van der Waals surface area contributed by atoms with Crippen LogP contribution < -0.4 is 4.90 Å². The lowest BCUT2D eigenvalue weighted by Crippen LogP contribution is -2.25. The lowest BCUT2D eigenvalue weighted by Gasteiger charge is -2.19. The normalized spacial score (nSPS) is 10.0. The molecule has 0 bridgehead atoms. The van der Waals surface area contributed by atoms with Crippen LogP contribution in [0.15, 0.2) is 87.2 Å². The SMILES string of the molecule is CC.CC.CCC.Cc1cc(N=Nc2ccc(C#N)cc2)ccc1N=Nc1ccc(N(C)CCOC(=O)C(C)C)cc1. The Kier molecular flexibility index (Phi) is 20.0. The van der Waals surface area contributed by atoms with Crippen LogP contribution in [0, 0.1) is 24.2 Å². The molecule has 0 aromatic heterocycles. The molecule has 42 heavy (non-hydrogen) atoms. The molecule has 0 unspecified atom stereocenters. The van der Waals surface area contributed by atoms with Crippen molar-refractivity contribution in [2.24, 2.45) is 26.4 Å². The Labute approximate surface area is 253 Å². The van der Waals surface area contributed by atoms with E-state index in [0.717, 1.165) is 22.6 Å². The molecular weight excluding hydrogens is 524 g/mol. The molecule has 3 rings (SSSR count). The summed E-state index contributed by atoms with van der Waals surface area (Å²) in [5.74, 6) is -0.310. The molecule has 0 fully saturated rings. The van der Waals surface area contributed by atoms with Crippen LogP contribution in [0.1, 0.15) is 72.9 Å². The van der Waals surface area contributed by atoms with Gasteiger partial charge in [0.15, 0.2) is 0 Å². The molecule has 0 aliphatic rings. The van der Waals surface area contributed by atoms with Crippen molar-refractivity contribution in [3.05, 3.63) is 77.9 Å². The van der Waals surface area contributed by atoms with Crippen molar-refractivity contribution in [3.63, 3.8) is 0 Å². The molecule has 0 saturated heterocycles. The topological polar surface area (TPSA) is 103 Å². The van der Waals surface area contributed by atoms with Crippen molar-refractivity contribution in [2.75, 3.05) is 25.1 Å². The Bertz CT molecular complexity index is 1260. The van der Waals surface area contributed by atoms with Crippen LogP contribution in [-0.2, 0) is 9.53 Å². The van der Waals surface area contributed by atoms with Gasteiger partial charge in [-0.25, -0.2) is 0 Å². The van der Waals surface area contributed by atoms with Crippen LogP contribution in [-0.4, -0.2) is 26.2 Å². The fraction of sp³-hybridized carbons (Fsp3) is 0.412. The number of benzene rings is 3. The Balaban J connectivity index is 0.00000221. The van der Waals surface area contributed by atoms with Crippen molar-refractivity contribution < 1.29 is 9.53 Å². The maximum atomic E-state index is 11.6. The van der Waals surface area contributed by atoms with Crippen molar-refractivity contribution in [1.82, 2.24) is 0 Å². The summed E-state index contributed by atoms with van der Waals surface area (Å²) in [6.45, 7) is 18.8. The summed E-state index contributed by atoms with van der Waals surface area (Å²) in [7, 11) is 1.95. The van der Waals surface area contributed by atoms with Crippen LogP contribution in [0.4, 0.5) is 28.4 Å². The molecule has 3 aromatic carbocycles. The maximum absolute atomic E-state index is 11.6. The zero-order valence-electron chi connectivity index (χ0n) is 27.0. The Morgan fingerprint density at radius 3 is 1.81 bits per heavy atom. The van der Waals surface area contributed by atoms with E-state index in [0.29, 0.717) is 30.1 Å². The highest BCUT2D eigenvalue weighted by molar-refractivity contribution is 5.71. The van der Waals surface area contributed by atoms with Crippen molar-refractivity contribution in [3.8, 4) is 6.07 Å². The van der Waals surface area contributed by atoms with E-state index in [-0.39, 0.29) is 11.9 Å². The Hall–Kier alpha value is -4.38. The molecule has 0 heterocycles. The van der Waals surface area contributed by atoms with Crippen molar-refractivity contribution >= 4 is 34.4 Å². The average molecular weight is 573 g/mol. The first kappa shape index (κ1) is 37.6. The molecule has 0 radical (unpaired) electrons. The predicted molar refractivity (Wildman–Crippen MR) is 175 cm³/mol. The second kappa shape index (κ2) is 22.3. The summed E-state index contributed by atoms with van der Waals surface area (Å²) in [6.07, 6.45) is 1.25. The standard InChI is InChI=1S/C27H28N6O2.C3H8.2C2H6/c1-19(2)27(34)35-16-15-33(4)25-12-9-23(10-13-25)30-32-26-14-11-24(17-20(26)3)31-29-22-7-5-21(18-28)6-8-22;1-3-2;2*1-2/h5-14,17,19H,15-16H2,1-4H3;3H2,1-2H3;2*1-2H3. The minimum atomic E-state index is -0.188. The number of nitrogens with zero attached hydrogens (tertiary/aromatic N) is 6. The van der Waals surface area contributed by atoms with Crippen LogP contribution in [0.2, 0.25) is 0 Å². The summed E-state index contributed by atoms with van der Waals surface area (Å²) in [5, 5.41) is 26.0. The zero-order chi connectivity index (χ0) is 31.9. The number of azo groups is 2. The van der Waals surface area contributed by atoms with Gasteiger partial charge in [0.05, 0.1) is 46.8 Å². The van der Waals surface area contributed by atoms with Gasteiger partial charge in [0.25, 0.3) is 0 Å². The second-order valence-corrected chi connectivity index (χ2v) is 9.00. The number of carbonyl (C=O) groups excluding carboxylic acids is 1. The molecule has 3 aromatic rings. The lowest BCUT2D eigenvalue weighted by molar-refractivity contribution is -0.146. The fourth-order valence-electron chi connectivity index (χ4n) is 3.00. The van der Waals surface area contributed by atoms with Gasteiger partial charge in [-0.3, -0.25) is 4.79 Å². The maximum Gasteiger partial charge on any atom is 0.308 e. The van der Waals surface area contributed by atoms with E-state index in [2.05, 4.69) is 40.4 Å². The first-order valence-electron chi connectivity index (χ1n) is 14.7. The Morgan fingerprint density at radius 2 is 1.31 bits per heavy atom. The monoisotopic (exact) mass is 572 g/mol. The predicted octanol–water partition coefficient (Wildman–Crippen LogP) is 10.8. The van der Waals surface area contributed by atoms with E-state index in [9.17, 15) is 4.79 Å². The largest absolute Gasteiger partial charge is 0.464 e. The first-order valence-corrected chi connectivity index (χ1v) is 14.7. The molecule has 0 aliphatic carbocycles. The van der Waals surface area contributed by atoms with Gasteiger partial charge in [0.2, 0.25) is 0 Å². The van der Waals surface area contributed by atoms with Gasteiger partial charge in [-0.15, -0.1) is 0 Å². The number of likely N-dealkylation sites (N-methyl/N-ethyl adjacent to an activating group) is 1. The average Bonchev–Trinajstić information content (AvgIpc) is 3.02. The number of hydrogen-bond donors (Lipinski definition) is 0. The third kappa shape index (κ3) is 14.3. The summed E-state index contributed by atoms with van der Waals surface area (Å²) in [4.78, 5) is 13.6. The molecule has 8 nitrogen and oxygen atoms in total. The van der Waals surface area contributed by atoms with Gasteiger partial charge in [-0.1, -0.05) is 61.8 Å². The Morgan fingerprint density at radius 1 is 0.833 bits per heavy atom. The summed E-state index contributed by atoms with van der Waals surface area (Å²) in [5.41, 5.74) is 5.37. The highest BCUT2D eigenvalue weighted by Gasteiger charge is 2.09. The molecule has 226 valence electrons. The highest BCUT2D eigenvalue weighted by atomic mass is 16.5. The van der Waals surface area contributed by atoms with Crippen LogP contribution in [0.25, 0.3) is 0 Å². The van der Waals surface area contributed by atoms with E-state index in [1.54, 1.807) is 24.3 Å². The third-order valence-corrected chi connectivity index (χ3v) is 5.16. The number of hydrogen-bond acceptors (Lipinski definition) is 8. The van der Waals surface area contributed by atoms with E-state index in [1.165, 1.54) is 6.42 Å². The fourth-order valence-corrected chi connectivity index (χ4v) is 3.00. The van der Waals surface area contributed by atoms with Gasteiger partial charge in [0, 0.05) is 12.7 Å². The molecule has 0 atom stereocenters.